The molecule has 2 unspecified atom stereocenters. The molecule has 2 N–H and O–H groups in total. The van der Waals surface area contributed by atoms with Gasteiger partial charge < -0.3 is 10.2 Å². The first-order valence-corrected chi connectivity index (χ1v) is 3.45. The molecule has 2 atom stereocenters. The SMILES string of the molecule is CCCC(C)(O)C(O)[N+](=O)[O-]. The molecule has 0 aromatic heterocycles. The molecular weight excluding hydrogens is 150 g/mol. The summed E-state index contributed by atoms with van der Waals surface area (Å²) in [6.45, 7) is 3.03. The van der Waals surface area contributed by atoms with Crippen molar-refractivity contribution >= 4 is 0 Å². The van der Waals surface area contributed by atoms with Crippen molar-refractivity contribution in [2.75, 3.05) is 0 Å². The monoisotopic (exact) mass is 163 g/mol. The van der Waals surface area contributed by atoms with Crippen LogP contribution < -0.4 is 0 Å². The minimum absolute atomic E-state index is 0.217. The van der Waals surface area contributed by atoms with E-state index in [4.69, 9.17) is 5.11 Å². The molecule has 5 nitrogen and oxygen atoms in total. The second kappa shape index (κ2) is 3.64. The predicted octanol–water partition coefficient (Wildman–Crippen LogP) is 0.133. The summed E-state index contributed by atoms with van der Waals surface area (Å²) >= 11 is 0. The largest absolute Gasteiger partial charge is 0.380 e. The lowest BCUT2D eigenvalue weighted by Crippen LogP contribution is -2.44. The summed E-state index contributed by atoms with van der Waals surface area (Å²) in [5.74, 6) is 0. The summed E-state index contributed by atoms with van der Waals surface area (Å²) in [5, 5.41) is 28.1. The highest BCUT2D eigenvalue weighted by Crippen LogP contribution is 2.16. The van der Waals surface area contributed by atoms with Crippen LogP contribution in [0.4, 0.5) is 0 Å². The second-order valence-electron chi connectivity index (χ2n) is 2.77. The molecule has 0 rings (SSSR count). The summed E-state index contributed by atoms with van der Waals surface area (Å²) in [6.07, 6.45) is -1.07. The van der Waals surface area contributed by atoms with Crippen LogP contribution in [0.5, 0.6) is 0 Å². The Morgan fingerprint density at radius 1 is 1.73 bits per heavy atom. The van der Waals surface area contributed by atoms with Gasteiger partial charge in [-0.15, -0.1) is 0 Å². The van der Waals surface area contributed by atoms with Gasteiger partial charge in [-0.1, -0.05) is 13.3 Å². The van der Waals surface area contributed by atoms with E-state index in [0.29, 0.717) is 6.42 Å². The van der Waals surface area contributed by atoms with E-state index in [0.717, 1.165) is 0 Å². The first kappa shape index (κ1) is 10.3. The summed E-state index contributed by atoms with van der Waals surface area (Å²) in [5.41, 5.74) is -1.61. The molecule has 0 aliphatic rings. The van der Waals surface area contributed by atoms with Gasteiger partial charge in [0.1, 0.15) is 0 Å². The van der Waals surface area contributed by atoms with E-state index >= 15 is 0 Å². The minimum Gasteiger partial charge on any atom is -0.380 e. The molecule has 0 spiro atoms. The maximum absolute atomic E-state index is 10.0. The number of nitro groups is 1. The van der Waals surface area contributed by atoms with Gasteiger partial charge in [-0.25, -0.2) is 0 Å². The summed E-state index contributed by atoms with van der Waals surface area (Å²) < 4.78 is 0. The molecule has 66 valence electrons. The standard InChI is InChI=1S/C6H13NO4/c1-3-4-6(2,9)5(8)7(10)11/h5,8-9H,3-4H2,1-2H3. The average molecular weight is 163 g/mol. The average Bonchev–Trinajstić information content (AvgIpc) is 1.86. The molecule has 0 heterocycles. The summed E-state index contributed by atoms with van der Waals surface area (Å²) in [6, 6.07) is 0. The van der Waals surface area contributed by atoms with Crippen LogP contribution >= 0.6 is 0 Å². The van der Waals surface area contributed by atoms with Gasteiger partial charge in [-0.05, 0) is 13.3 Å². The third-order valence-electron chi connectivity index (χ3n) is 1.51. The maximum Gasteiger partial charge on any atom is 0.341 e. The van der Waals surface area contributed by atoms with Crippen LogP contribution in [0.3, 0.4) is 0 Å². The molecule has 0 saturated heterocycles. The number of nitrogens with zero attached hydrogens (tertiary/aromatic N) is 1. The van der Waals surface area contributed by atoms with E-state index in [1.54, 1.807) is 6.92 Å². The number of hydrogen-bond donors (Lipinski definition) is 2. The van der Waals surface area contributed by atoms with Crippen molar-refractivity contribution in [3.63, 3.8) is 0 Å². The molecule has 0 aliphatic heterocycles. The highest BCUT2D eigenvalue weighted by atomic mass is 16.7. The third kappa shape index (κ3) is 2.81. The Morgan fingerprint density at radius 3 is 2.45 bits per heavy atom. The lowest BCUT2D eigenvalue weighted by Gasteiger charge is -2.21. The predicted molar refractivity (Wildman–Crippen MR) is 38.5 cm³/mol. The Morgan fingerprint density at radius 2 is 2.18 bits per heavy atom. The van der Waals surface area contributed by atoms with E-state index in [1.807, 2.05) is 0 Å². The van der Waals surface area contributed by atoms with Crippen LogP contribution in [0, 0.1) is 10.1 Å². The molecule has 11 heavy (non-hydrogen) atoms. The zero-order valence-electron chi connectivity index (χ0n) is 6.65. The van der Waals surface area contributed by atoms with Crippen LogP contribution in [-0.2, 0) is 0 Å². The Hall–Kier alpha value is -0.680. The summed E-state index contributed by atoms with van der Waals surface area (Å²) in [4.78, 5) is 9.12. The number of aliphatic hydroxyl groups excluding tert-OH is 1. The normalized spacial score (nSPS) is 18.9. The van der Waals surface area contributed by atoms with Crippen LogP contribution in [-0.4, -0.2) is 27.0 Å². The minimum atomic E-state index is -1.89. The first-order chi connectivity index (χ1) is 4.91. The topological polar surface area (TPSA) is 83.6 Å². The second-order valence-corrected chi connectivity index (χ2v) is 2.77. The van der Waals surface area contributed by atoms with Crippen molar-refractivity contribution in [3.8, 4) is 0 Å². The van der Waals surface area contributed by atoms with Crippen LogP contribution in [0.25, 0.3) is 0 Å². The Bertz CT molecular complexity index is 146. The number of aliphatic hydroxyl groups is 2. The van der Waals surface area contributed by atoms with Gasteiger partial charge in [0.15, 0.2) is 5.60 Å². The smallest absolute Gasteiger partial charge is 0.341 e. The number of hydrogen-bond acceptors (Lipinski definition) is 4. The van der Waals surface area contributed by atoms with Gasteiger partial charge in [0, 0.05) is 0 Å². The van der Waals surface area contributed by atoms with Crippen LogP contribution in [0.1, 0.15) is 26.7 Å². The molecule has 0 bridgehead atoms. The molecule has 0 aromatic rings. The molecule has 0 aromatic carbocycles. The molecule has 0 amide bonds. The highest BCUT2D eigenvalue weighted by Gasteiger charge is 2.38. The Kier molecular flexibility index (Phi) is 3.41. The van der Waals surface area contributed by atoms with E-state index in [1.165, 1.54) is 6.92 Å². The summed E-state index contributed by atoms with van der Waals surface area (Å²) in [7, 11) is 0. The Labute approximate surface area is 64.8 Å². The molecule has 0 fully saturated rings. The first-order valence-electron chi connectivity index (χ1n) is 3.45. The molecule has 0 saturated carbocycles. The van der Waals surface area contributed by atoms with Crippen molar-refractivity contribution in [2.45, 2.75) is 38.5 Å². The lowest BCUT2D eigenvalue weighted by molar-refractivity contribution is -0.593. The van der Waals surface area contributed by atoms with Crippen molar-refractivity contribution in [1.82, 2.24) is 0 Å². The fourth-order valence-electron chi connectivity index (χ4n) is 0.862. The van der Waals surface area contributed by atoms with Gasteiger partial charge in [0.05, 0.1) is 4.92 Å². The Balaban J connectivity index is 4.16. The van der Waals surface area contributed by atoms with Gasteiger partial charge in [0.2, 0.25) is 0 Å². The molecule has 0 aliphatic carbocycles. The van der Waals surface area contributed by atoms with Crippen molar-refractivity contribution in [1.29, 1.82) is 0 Å². The van der Waals surface area contributed by atoms with Crippen molar-refractivity contribution in [3.05, 3.63) is 10.1 Å². The number of rotatable bonds is 4. The van der Waals surface area contributed by atoms with E-state index < -0.39 is 16.8 Å². The maximum atomic E-state index is 10.0. The fourth-order valence-corrected chi connectivity index (χ4v) is 0.862. The quantitative estimate of drug-likeness (QED) is 0.350. The highest BCUT2D eigenvalue weighted by molar-refractivity contribution is 4.73. The molecular formula is C6H13NO4. The van der Waals surface area contributed by atoms with E-state index in [-0.39, 0.29) is 6.42 Å². The van der Waals surface area contributed by atoms with E-state index in [9.17, 15) is 15.2 Å². The molecule has 5 heteroatoms. The fraction of sp³-hybridized carbons (Fsp3) is 1.00. The van der Waals surface area contributed by atoms with Crippen LogP contribution in [0.15, 0.2) is 0 Å². The molecule has 0 radical (unpaired) electrons. The van der Waals surface area contributed by atoms with Crippen LogP contribution in [0.2, 0.25) is 0 Å². The zero-order valence-corrected chi connectivity index (χ0v) is 6.65. The van der Waals surface area contributed by atoms with Gasteiger partial charge >= 0.3 is 6.23 Å². The van der Waals surface area contributed by atoms with E-state index in [2.05, 4.69) is 0 Å². The zero-order chi connectivity index (χ0) is 9.07. The van der Waals surface area contributed by atoms with Crippen molar-refractivity contribution in [2.24, 2.45) is 0 Å². The van der Waals surface area contributed by atoms with Gasteiger partial charge in [0.25, 0.3) is 0 Å². The third-order valence-corrected chi connectivity index (χ3v) is 1.51. The van der Waals surface area contributed by atoms with Gasteiger partial charge in [-0.2, -0.15) is 0 Å². The van der Waals surface area contributed by atoms with Gasteiger partial charge in [-0.3, -0.25) is 10.1 Å². The van der Waals surface area contributed by atoms with Crippen molar-refractivity contribution < 1.29 is 15.1 Å². The lowest BCUT2D eigenvalue weighted by atomic mass is 9.99.